The molecule has 2 aromatic rings. The molecule has 36 heavy (non-hydrogen) atoms. The van der Waals surface area contributed by atoms with E-state index in [-0.39, 0.29) is 5.82 Å². The Bertz CT molecular complexity index is 1270. The molecule has 12 nitrogen and oxygen atoms in total. The Balaban J connectivity index is 1.98. The van der Waals surface area contributed by atoms with Gasteiger partial charge in [-0.25, -0.2) is 4.79 Å². The highest BCUT2D eigenvalue weighted by molar-refractivity contribution is 6.03. The minimum absolute atomic E-state index is 0.0493. The highest BCUT2D eigenvalue weighted by Crippen LogP contribution is 2.41. The van der Waals surface area contributed by atoms with Gasteiger partial charge in [-0.3, -0.25) is 23.7 Å². The highest BCUT2D eigenvalue weighted by atomic mass is 16.7. The lowest BCUT2D eigenvalue weighted by Crippen LogP contribution is -2.53. The van der Waals surface area contributed by atoms with Crippen LogP contribution in [0.4, 0.5) is 5.82 Å². The number of terminal acetylenes is 1. The van der Waals surface area contributed by atoms with Crippen molar-refractivity contribution >= 4 is 29.6 Å². The standard InChI is InChI=1S/C24H23N3O9/c1-5-24(36-16(4)30)18(13-33-14(2)28)35-22(20(24)34-15(3)29)27-12-11-19(26-23(27)32)25-21(31)17-9-7-6-8-10-17/h1,6-12,18,20,22H,13H2,2-4H3,(H,25,26,31,32)/t18-,20+,22-,24-/m1/s1. The summed E-state index contributed by atoms with van der Waals surface area (Å²) in [5.74, 6) is -0.555. The highest BCUT2D eigenvalue weighted by Gasteiger charge is 2.62. The number of aromatic nitrogens is 2. The largest absolute Gasteiger partial charge is 0.463 e. The summed E-state index contributed by atoms with van der Waals surface area (Å²) in [6.07, 6.45) is 2.72. The molecule has 188 valence electrons. The van der Waals surface area contributed by atoms with Crippen LogP contribution in [0.2, 0.25) is 0 Å². The van der Waals surface area contributed by atoms with E-state index < -0.39 is 60.1 Å². The zero-order chi connectivity index (χ0) is 26.5. The van der Waals surface area contributed by atoms with E-state index in [9.17, 15) is 24.0 Å². The number of nitrogens with one attached hydrogen (secondary N) is 1. The van der Waals surface area contributed by atoms with Crippen LogP contribution >= 0.6 is 0 Å². The Morgan fingerprint density at radius 3 is 2.36 bits per heavy atom. The number of hydrogen-bond donors (Lipinski definition) is 1. The predicted octanol–water partition coefficient (Wildman–Crippen LogP) is 0.823. The summed E-state index contributed by atoms with van der Waals surface area (Å²) in [6, 6.07) is 9.60. The number of hydrogen-bond acceptors (Lipinski definition) is 10. The van der Waals surface area contributed by atoms with Crippen molar-refractivity contribution in [2.45, 2.75) is 44.8 Å². The van der Waals surface area contributed by atoms with E-state index >= 15 is 0 Å². The molecule has 0 spiro atoms. The summed E-state index contributed by atoms with van der Waals surface area (Å²) in [5, 5.41) is 2.51. The number of anilines is 1. The first-order chi connectivity index (χ1) is 17.1. The molecule has 0 bridgehead atoms. The number of carbonyl (C=O) groups excluding carboxylic acids is 4. The SMILES string of the molecule is C#C[C@@]1(OC(C)=O)[C@@H](COC(C)=O)O[C@@H](n2ccc(NC(=O)c3ccccc3)nc2=O)[C@@H]1OC(C)=O. The van der Waals surface area contributed by atoms with Crippen LogP contribution in [0.25, 0.3) is 0 Å². The van der Waals surface area contributed by atoms with Gasteiger partial charge < -0.3 is 24.3 Å². The van der Waals surface area contributed by atoms with E-state index in [0.717, 1.165) is 25.3 Å². The lowest BCUT2D eigenvalue weighted by atomic mass is 9.92. The fourth-order valence-corrected chi connectivity index (χ4v) is 3.65. The Hall–Kier alpha value is -4.50. The Labute approximate surface area is 205 Å². The van der Waals surface area contributed by atoms with Gasteiger partial charge >= 0.3 is 23.6 Å². The van der Waals surface area contributed by atoms with Crippen molar-refractivity contribution in [1.82, 2.24) is 9.55 Å². The lowest BCUT2D eigenvalue weighted by molar-refractivity contribution is -0.176. The smallest absolute Gasteiger partial charge is 0.351 e. The van der Waals surface area contributed by atoms with Gasteiger partial charge in [-0.1, -0.05) is 24.1 Å². The van der Waals surface area contributed by atoms with E-state index in [0.29, 0.717) is 5.56 Å². The van der Waals surface area contributed by atoms with E-state index in [2.05, 4.69) is 16.2 Å². The van der Waals surface area contributed by atoms with E-state index in [1.807, 2.05) is 0 Å². The van der Waals surface area contributed by atoms with Crippen LogP contribution in [0, 0.1) is 12.3 Å². The van der Waals surface area contributed by atoms with Gasteiger partial charge in [0, 0.05) is 32.5 Å². The monoisotopic (exact) mass is 497 g/mol. The molecule has 1 fully saturated rings. The fourth-order valence-electron chi connectivity index (χ4n) is 3.65. The van der Waals surface area contributed by atoms with Crippen molar-refractivity contribution in [2.24, 2.45) is 0 Å². The van der Waals surface area contributed by atoms with Gasteiger partial charge in [0.05, 0.1) is 0 Å². The second kappa shape index (κ2) is 10.8. The second-order valence-electron chi connectivity index (χ2n) is 7.70. The molecular weight excluding hydrogens is 474 g/mol. The summed E-state index contributed by atoms with van der Waals surface area (Å²) < 4.78 is 22.5. The van der Waals surface area contributed by atoms with Crippen molar-refractivity contribution in [3.63, 3.8) is 0 Å². The molecule has 3 rings (SSSR count). The summed E-state index contributed by atoms with van der Waals surface area (Å²) in [6.45, 7) is 2.86. The van der Waals surface area contributed by atoms with Crippen molar-refractivity contribution in [3.8, 4) is 12.3 Å². The van der Waals surface area contributed by atoms with Crippen LogP contribution in [0.1, 0.15) is 37.4 Å². The molecule has 1 aliphatic rings. The van der Waals surface area contributed by atoms with Crippen LogP contribution in [0.3, 0.4) is 0 Å². The second-order valence-corrected chi connectivity index (χ2v) is 7.70. The summed E-state index contributed by atoms with van der Waals surface area (Å²) >= 11 is 0. The molecule has 0 aliphatic carbocycles. The minimum atomic E-state index is -2.03. The quantitative estimate of drug-likeness (QED) is 0.331. The number of carbonyl (C=O) groups is 4. The first kappa shape index (κ1) is 26.1. The summed E-state index contributed by atoms with van der Waals surface area (Å²) in [4.78, 5) is 64.3. The molecule has 12 heteroatoms. The molecule has 1 aliphatic heterocycles. The van der Waals surface area contributed by atoms with E-state index in [1.165, 1.54) is 12.3 Å². The van der Waals surface area contributed by atoms with Crippen molar-refractivity contribution in [1.29, 1.82) is 0 Å². The molecule has 2 heterocycles. The summed E-state index contributed by atoms with van der Waals surface area (Å²) in [7, 11) is 0. The maximum atomic E-state index is 12.9. The molecule has 4 atom stereocenters. The first-order valence-electron chi connectivity index (χ1n) is 10.7. The fraction of sp³-hybridized carbons (Fsp3) is 0.333. The Morgan fingerprint density at radius 2 is 1.81 bits per heavy atom. The van der Waals surface area contributed by atoms with Gasteiger partial charge in [0.15, 0.2) is 6.23 Å². The average molecular weight is 497 g/mol. The minimum Gasteiger partial charge on any atom is -0.463 e. The van der Waals surface area contributed by atoms with Crippen LogP contribution < -0.4 is 11.0 Å². The predicted molar refractivity (Wildman–Crippen MR) is 122 cm³/mol. The normalized spacial score (nSPS) is 22.7. The maximum Gasteiger partial charge on any atom is 0.351 e. The Morgan fingerprint density at radius 1 is 1.11 bits per heavy atom. The summed E-state index contributed by atoms with van der Waals surface area (Å²) in [5.41, 5.74) is -2.58. The van der Waals surface area contributed by atoms with Gasteiger partial charge in [0.25, 0.3) is 5.91 Å². The number of esters is 3. The molecule has 1 aromatic heterocycles. The number of nitrogens with zero attached hydrogens (tertiary/aromatic N) is 2. The molecular formula is C24H23N3O9. The van der Waals surface area contributed by atoms with Gasteiger partial charge in [-0.05, 0) is 18.2 Å². The van der Waals surface area contributed by atoms with Gasteiger partial charge in [0.1, 0.15) is 18.5 Å². The lowest BCUT2D eigenvalue weighted by Gasteiger charge is -2.32. The van der Waals surface area contributed by atoms with Crippen LogP contribution in [0.5, 0.6) is 0 Å². The van der Waals surface area contributed by atoms with Crippen LogP contribution in [-0.4, -0.2) is 57.8 Å². The molecule has 1 amide bonds. The third kappa shape index (κ3) is 5.59. The molecule has 1 N–H and O–H groups in total. The van der Waals surface area contributed by atoms with Gasteiger partial charge in [-0.15, -0.1) is 6.42 Å². The van der Waals surface area contributed by atoms with E-state index in [4.69, 9.17) is 25.4 Å². The van der Waals surface area contributed by atoms with Gasteiger partial charge in [-0.2, -0.15) is 4.98 Å². The van der Waals surface area contributed by atoms with E-state index in [1.54, 1.807) is 30.3 Å². The number of ether oxygens (including phenoxy) is 4. The van der Waals surface area contributed by atoms with Crippen LogP contribution in [0.15, 0.2) is 47.4 Å². The third-order valence-electron chi connectivity index (χ3n) is 5.11. The Kier molecular flexibility index (Phi) is 7.86. The molecule has 0 saturated carbocycles. The molecule has 1 aromatic carbocycles. The first-order valence-corrected chi connectivity index (χ1v) is 10.7. The number of amides is 1. The number of benzene rings is 1. The third-order valence-corrected chi connectivity index (χ3v) is 5.11. The molecule has 0 unspecified atom stereocenters. The zero-order valence-electron chi connectivity index (χ0n) is 19.6. The average Bonchev–Trinajstić information content (AvgIpc) is 3.10. The maximum absolute atomic E-state index is 12.9. The molecule has 1 saturated heterocycles. The van der Waals surface area contributed by atoms with Crippen LogP contribution in [-0.2, 0) is 33.3 Å². The topological polar surface area (TPSA) is 152 Å². The van der Waals surface area contributed by atoms with Crippen molar-refractivity contribution in [3.05, 3.63) is 58.6 Å². The van der Waals surface area contributed by atoms with Gasteiger partial charge in [0.2, 0.25) is 11.7 Å². The van der Waals surface area contributed by atoms with Crippen molar-refractivity contribution in [2.75, 3.05) is 11.9 Å². The molecule has 0 radical (unpaired) electrons. The zero-order valence-corrected chi connectivity index (χ0v) is 19.6. The number of rotatable bonds is 7. The van der Waals surface area contributed by atoms with Crippen molar-refractivity contribution < 1.29 is 38.1 Å².